The fourth-order valence-corrected chi connectivity index (χ4v) is 6.37. The van der Waals surface area contributed by atoms with Crippen LogP contribution in [0.3, 0.4) is 0 Å². The number of aromatic nitrogens is 2. The smallest absolute Gasteiger partial charge is 0.233 e. The number of ether oxygens (including phenoxy) is 1. The van der Waals surface area contributed by atoms with Crippen molar-refractivity contribution in [1.82, 2.24) is 15.1 Å². The summed E-state index contributed by atoms with van der Waals surface area (Å²) in [4.78, 5) is 28.0. The second-order valence-corrected chi connectivity index (χ2v) is 10.7. The van der Waals surface area contributed by atoms with Crippen molar-refractivity contribution >= 4 is 51.5 Å². The molecule has 4 rings (SSSR count). The topological polar surface area (TPSA) is 84.4 Å². The summed E-state index contributed by atoms with van der Waals surface area (Å²) in [6.45, 7) is 1.53. The van der Waals surface area contributed by atoms with Crippen LogP contribution in [0, 0.1) is 0 Å². The lowest BCUT2D eigenvalue weighted by Gasteiger charge is -2.44. The minimum Gasteiger partial charge on any atom is -0.376 e. The molecule has 0 spiro atoms. The van der Waals surface area contributed by atoms with E-state index in [1.807, 2.05) is 18.2 Å². The summed E-state index contributed by atoms with van der Waals surface area (Å²) in [5, 5.41) is 12.8. The second kappa shape index (κ2) is 10.5. The summed E-state index contributed by atoms with van der Waals surface area (Å²) in [6.07, 6.45) is 5.12. The van der Waals surface area contributed by atoms with Gasteiger partial charge < -0.3 is 15.0 Å². The SMILES string of the molecule is CN(C(=O)CSc1nnc(NC[C@H]2CCCO2)s1)[C@]1(c2ccccc2Cl)CCCCC1=O. The molecule has 1 saturated heterocycles. The van der Waals surface area contributed by atoms with Gasteiger partial charge in [0.15, 0.2) is 10.1 Å². The van der Waals surface area contributed by atoms with E-state index >= 15 is 0 Å². The van der Waals surface area contributed by atoms with Gasteiger partial charge in [0.05, 0.1) is 11.9 Å². The number of hydrogen-bond donors (Lipinski definition) is 1. The molecule has 1 N–H and O–H groups in total. The molecule has 0 radical (unpaired) electrons. The van der Waals surface area contributed by atoms with Crippen LogP contribution in [0.2, 0.25) is 5.02 Å². The number of nitrogens with one attached hydrogen (secondary N) is 1. The predicted molar refractivity (Wildman–Crippen MR) is 127 cm³/mol. The molecule has 2 aromatic rings. The van der Waals surface area contributed by atoms with Crippen molar-refractivity contribution in [2.75, 3.05) is 31.3 Å². The minimum absolute atomic E-state index is 0.0502. The first-order chi connectivity index (χ1) is 15.5. The Bertz CT molecular complexity index is 966. The number of rotatable bonds is 8. The predicted octanol–water partition coefficient (Wildman–Crippen LogP) is 4.37. The maximum absolute atomic E-state index is 13.2. The molecule has 172 valence electrons. The van der Waals surface area contributed by atoms with Gasteiger partial charge in [0.25, 0.3) is 0 Å². The Hall–Kier alpha value is -1.68. The Labute approximate surface area is 201 Å². The standard InChI is InChI=1S/C22H27ClN4O3S2/c1-27(22(11-5-4-10-18(22)28)16-8-2-3-9-17(16)23)19(29)14-31-21-26-25-20(32-21)24-13-15-7-6-12-30-15/h2-3,8-9,15H,4-7,10-14H2,1H3,(H,24,25)/t15-,22+/m1/s1. The number of halogens is 1. The highest BCUT2D eigenvalue weighted by atomic mass is 35.5. The van der Waals surface area contributed by atoms with Crippen molar-refractivity contribution in [3.63, 3.8) is 0 Å². The number of benzene rings is 1. The van der Waals surface area contributed by atoms with E-state index in [4.69, 9.17) is 16.3 Å². The Morgan fingerprint density at radius 3 is 2.94 bits per heavy atom. The zero-order chi connectivity index (χ0) is 22.6. The number of Topliss-reactive ketones (excluding diaryl/α,β-unsaturated/α-hetero) is 1. The number of likely N-dealkylation sites (N-methyl/N-ethyl adjacent to an activating group) is 1. The molecule has 2 atom stereocenters. The number of carbonyl (C=O) groups is 2. The summed E-state index contributed by atoms with van der Waals surface area (Å²) < 4.78 is 6.32. The van der Waals surface area contributed by atoms with Crippen LogP contribution in [-0.2, 0) is 19.9 Å². The average molecular weight is 495 g/mol. The van der Waals surface area contributed by atoms with Gasteiger partial charge in [0.1, 0.15) is 5.54 Å². The summed E-state index contributed by atoms with van der Waals surface area (Å²) >= 11 is 9.24. The van der Waals surface area contributed by atoms with E-state index in [1.54, 1.807) is 18.0 Å². The highest BCUT2D eigenvalue weighted by molar-refractivity contribution is 8.01. The van der Waals surface area contributed by atoms with Crippen molar-refractivity contribution < 1.29 is 14.3 Å². The first-order valence-corrected chi connectivity index (χ1v) is 13.1. The van der Waals surface area contributed by atoms with E-state index < -0.39 is 5.54 Å². The molecule has 2 heterocycles. The molecular weight excluding hydrogens is 468 g/mol. The number of anilines is 1. The molecule has 0 bridgehead atoms. The van der Waals surface area contributed by atoms with E-state index in [0.29, 0.717) is 34.3 Å². The first kappa shape index (κ1) is 23.5. The van der Waals surface area contributed by atoms with Gasteiger partial charge in [-0.1, -0.05) is 52.9 Å². The second-order valence-electron chi connectivity index (χ2n) is 8.10. The van der Waals surface area contributed by atoms with Gasteiger partial charge in [-0.3, -0.25) is 9.59 Å². The Morgan fingerprint density at radius 1 is 1.34 bits per heavy atom. The molecule has 1 saturated carbocycles. The lowest BCUT2D eigenvalue weighted by atomic mass is 9.74. The van der Waals surface area contributed by atoms with Crippen LogP contribution in [-0.4, -0.2) is 58.8 Å². The van der Waals surface area contributed by atoms with E-state index in [2.05, 4.69) is 15.5 Å². The Kier molecular flexibility index (Phi) is 7.70. The quantitative estimate of drug-likeness (QED) is 0.545. The molecule has 7 nitrogen and oxygen atoms in total. The maximum Gasteiger partial charge on any atom is 0.233 e. The van der Waals surface area contributed by atoms with Crippen LogP contribution in [0.4, 0.5) is 5.13 Å². The lowest BCUT2D eigenvalue weighted by molar-refractivity contribution is -0.146. The monoisotopic (exact) mass is 494 g/mol. The molecule has 10 heteroatoms. The zero-order valence-electron chi connectivity index (χ0n) is 18.0. The summed E-state index contributed by atoms with van der Waals surface area (Å²) in [5.74, 6) is 0.0968. The number of thioether (sulfide) groups is 1. The fourth-order valence-electron chi connectivity index (χ4n) is 4.41. The summed E-state index contributed by atoms with van der Waals surface area (Å²) in [6, 6.07) is 7.34. The van der Waals surface area contributed by atoms with Gasteiger partial charge in [-0.05, 0) is 38.2 Å². The number of amides is 1. The zero-order valence-corrected chi connectivity index (χ0v) is 20.4. The summed E-state index contributed by atoms with van der Waals surface area (Å²) in [5.41, 5.74) is -0.299. The van der Waals surface area contributed by atoms with Gasteiger partial charge >= 0.3 is 0 Å². The highest BCUT2D eigenvalue weighted by Gasteiger charge is 2.47. The molecule has 1 aromatic heterocycles. The third-order valence-corrected chi connectivity index (χ3v) is 8.48. The van der Waals surface area contributed by atoms with Gasteiger partial charge in [0, 0.05) is 37.2 Å². The third kappa shape index (κ3) is 4.95. The molecular formula is C22H27ClN4O3S2. The van der Waals surface area contributed by atoms with E-state index in [-0.39, 0.29) is 23.5 Å². The molecule has 1 amide bonds. The molecule has 1 aliphatic heterocycles. The molecule has 1 aliphatic carbocycles. The highest BCUT2D eigenvalue weighted by Crippen LogP contribution is 2.42. The molecule has 2 fully saturated rings. The van der Waals surface area contributed by atoms with E-state index in [9.17, 15) is 9.59 Å². The molecule has 32 heavy (non-hydrogen) atoms. The van der Waals surface area contributed by atoms with Gasteiger partial charge in [-0.2, -0.15) is 0 Å². The normalized spacial score (nSPS) is 23.3. The van der Waals surface area contributed by atoms with E-state index in [1.165, 1.54) is 23.1 Å². The van der Waals surface area contributed by atoms with Crippen LogP contribution in [0.15, 0.2) is 28.6 Å². The third-order valence-electron chi connectivity index (χ3n) is 6.15. The van der Waals surface area contributed by atoms with Crippen LogP contribution in [0.25, 0.3) is 0 Å². The largest absolute Gasteiger partial charge is 0.376 e. The molecule has 0 unspecified atom stereocenters. The number of ketones is 1. The number of nitrogens with zero attached hydrogens (tertiary/aromatic N) is 3. The molecule has 2 aliphatic rings. The van der Waals surface area contributed by atoms with Crippen molar-refractivity contribution in [2.45, 2.75) is 54.5 Å². The van der Waals surface area contributed by atoms with Crippen LogP contribution in [0.1, 0.15) is 44.1 Å². The maximum atomic E-state index is 13.2. The van der Waals surface area contributed by atoms with Crippen molar-refractivity contribution in [3.8, 4) is 0 Å². The summed E-state index contributed by atoms with van der Waals surface area (Å²) in [7, 11) is 1.71. The Morgan fingerprint density at radius 2 is 2.19 bits per heavy atom. The fraction of sp³-hybridized carbons (Fsp3) is 0.545. The van der Waals surface area contributed by atoms with E-state index in [0.717, 1.165) is 37.4 Å². The van der Waals surface area contributed by atoms with Crippen LogP contribution < -0.4 is 5.32 Å². The van der Waals surface area contributed by atoms with Gasteiger partial charge in [0.2, 0.25) is 11.0 Å². The van der Waals surface area contributed by atoms with Crippen LogP contribution >= 0.6 is 34.7 Å². The van der Waals surface area contributed by atoms with Crippen molar-refractivity contribution in [2.24, 2.45) is 0 Å². The van der Waals surface area contributed by atoms with Crippen molar-refractivity contribution in [1.29, 1.82) is 0 Å². The Balaban J connectivity index is 1.41. The lowest BCUT2D eigenvalue weighted by Crippen LogP contribution is -2.54. The number of carbonyl (C=O) groups excluding carboxylic acids is 2. The van der Waals surface area contributed by atoms with Gasteiger partial charge in [-0.25, -0.2) is 0 Å². The van der Waals surface area contributed by atoms with Crippen LogP contribution in [0.5, 0.6) is 0 Å². The van der Waals surface area contributed by atoms with Crippen molar-refractivity contribution in [3.05, 3.63) is 34.9 Å². The van der Waals surface area contributed by atoms with Gasteiger partial charge in [-0.15, -0.1) is 10.2 Å². The molecule has 1 aromatic carbocycles. The number of hydrogen-bond acceptors (Lipinski definition) is 8. The minimum atomic E-state index is -1.01. The average Bonchev–Trinajstić information content (AvgIpc) is 3.48. The first-order valence-electron chi connectivity index (χ1n) is 10.9.